The Hall–Kier alpha value is -0.870. The van der Waals surface area contributed by atoms with E-state index < -0.39 is 0 Å². The van der Waals surface area contributed by atoms with Gasteiger partial charge in [-0.05, 0) is 30.5 Å². The monoisotopic (exact) mass is 325 g/mol. The van der Waals surface area contributed by atoms with E-state index >= 15 is 0 Å². The van der Waals surface area contributed by atoms with Crippen molar-refractivity contribution < 1.29 is 9.90 Å². The van der Waals surface area contributed by atoms with Gasteiger partial charge < -0.3 is 10.4 Å². The maximum absolute atomic E-state index is 11.9. The van der Waals surface area contributed by atoms with Crippen molar-refractivity contribution in [3.05, 3.63) is 34.3 Å². The number of halogens is 1. The van der Waals surface area contributed by atoms with E-state index in [2.05, 4.69) is 21.2 Å². The summed E-state index contributed by atoms with van der Waals surface area (Å²) in [5, 5.41) is 12.5. The number of benzene rings is 1. The van der Waals surface area contributed by atoms with Gasteiger partial charge in [-0.3, -0.25) is 4.79 Å². The molecule has 4 heteroatoms. The Morgan fingerprint density at radius 1 is 1.37 bits per heavy atom. The van der Waals surface area contributed by atoms with Gasteiger partial charge in [0.2, 0.25) is 5.91 Å². The molecule has 104 valence electrons. The zero-order valence-corrected chi connectivity index (χ0v) is 12.6. The van der Waals surface area contributed by atoms with Crippen molar-refractivity contribution in [1.29, 1.82) is 0 Å². The maximum atomic E-state index is 11.9. The molecule has 1 fully saturated rings. The van der Waals surface area contributed by atoms with Crippen LogP contribution >= 0.6 is 15.9 Å². The summed E-state index contributed by atoms with van der Waals surface area (Å²) in [4.78, 5) is 11.9. The molecule has 0 aromatic heterocycles. The Morgan fingerprint density at radius 3 is 2.74 bits per heavy atom. The van der Waals surface area contributed by atoms with Crippen LogP contribution in [-0.4, -0.2) is 24.2 Å². The van der Waals surface area contributed by atoms with Gasteiger partial charge in [0.15, 0.2) is 0 Å². The predicted molar refractivity (Wildman–Crippen MR) is 78.8 cm³/mol. The molecule has 2 N–H and O–H groups in total. The zero-order valence-electron chi connectivity index (χ0n) is 11.0. The number of carbonyl (C=O) groups is 1. The molecule has 1 aromatic carbocycles. The summed E-state index contributed by atoms with van der Waals surface area (Å²) < 4.78 is 0.987. The lowest BCUT2D eigenvalue weighted by molar-refractivity contribution is -0.121. The number of carbonyl (C=O) groups excluding carboxylic acids is 1. The third-order valence-corrected chi connectivity index (χ3v) is 4.41. The van der Waals surface area contributed by atoms with E-state index in [1.165, 1.54) is 0 Å². The molecule has 1 aliphatic rings. The van der Waals surface area contributed by atoms with E-state index in [0.717, 1.165) is 35.7 Å². The van der Waals surface area contributed by atoms with Gasteiger partial charge in [0.05, 0.1) is 13.0 Å². The third kappa shape index (κ3) is 4.05. The minimum atomic E-state index is -0.0765. The quantitative estimate of drug-likeness (QED) is 0.874. The minimum Gasteiger partial charge on any atom is -0.396 e. The first-order valence-corrected chi connectivity index (χ1v) is 7.55. The molecule has 0 aliphatic heterocycles. The SMILES string of the molecule is O=C(Cc1cccc(Br)c1)NCC1(CO)CCCC1. The van der Waals surface area contributed by atoms with Crippen molar-refractivity contribution >= 4 is 21.8 Å². The predicted octanol–water partition coefficient (Wildman–Crippen LogP) is 2.66. The van der Waals surface area contributed by atoms with Crippen molar-refractivity contribution in [2.75, 3.05) is 13.2 Å². The van der Waals surface area contributed by atoms with Crippen molar-refractivity contribution in [1.82, 2.24) is 5.32 Å². The molecule has 0 spiro atoms. The molecule has 1 aliphatic carbocycles. The Morgan fingerprint density at radius 2 is 2.11 bits per heavy atom. The molecular formula is C15H20BrNO2. The molecule has 0 heterocycles. The minimum absolute atomic E-state index is 0.0258. The smallest absolute Gasteiger partial charge is 0.224 e. The summed E-state index contributed by atoms with van der Waals surface area (Å²) in [7, 11) is 0. The van der Waals surface area contributed by atoms with Crippen LogP contribution in [0, 0.1) is 5.41 Å². The summed E-state index contributed by atoms with van der Waals surface area (Å²) in [6.07, 6.45) is 4.73. The van der Waals surface area contributed by atoms with Gasteiger partial charge in [-0.2, -0.15) is 0 Å². The number of aliphatic hydroxyl groups is 1. The molecule has 1 aromatic rings. The normalized spacial score (nSPS) is 17.4. The lowest BCUT2D eigenvalue weighted by Crippen LogP contribution is -2.38. The highest BCUT2D eigenvalue weighted by molar-refractivity contribution is 9.10. The first kappa shape index (κ1) is 14.5. The molecule has 19 heavy (non-hydrogen) atoms. The molecule has 0 bridgehead atoms. The van der Waals surface area contributed by atoms with Gasteiger partial charge >= 0.3 is 0 Å². The lowest BCUT2D eigenvalue weighted by Gasteiger charge is -2.26. The maximum Gasteiger partial charge on any atom is 0.224 e. The van der Waals surface area contributed by atoms with Crippen LogP contribution < -0.4 is 5.32 Å². The van der Waals surface area contributed by atoms with Crippen molar-refractivity contribution in [2.45, 2.75) is 32.1 Å². The van der Waals surface area contributed by atoms with Crippen LogP contribution in [0.4, 0.5) is 0 Å². The van der Waals surface area contributed by atoms with E-state index in [4.69, 9.17) is 0 Å². The van der Waals surface area contributed by atoms with E-state index in [0.29, 0.717) is 13.0 Å². The number of rotatable bonds is 5. The standard InChI is InChI=1S/C15H20BrNO2/c16-13-5-3-4-12(8-13)9-14(19)17-10-15(11-18)6-1-2-7-15/h3-5,8,18H,1-2,6-7,9-11H2,(H,17,19). The molecular weight excluding hydrogens is 306 g/mol. The van der Waals surface area contributed by atoms with Gasteiger partial charge in [-0.1, -0.05) is 40.9 Å². The van der Waals surface area contributed by atoms with Crippen molar-refractivity contribution in [3.8, 4) is 0 Å². The fourth-order valence-electron chi connectivity index (χ4n) is 2.70. The number of nitrogens with one attached hydrogen (secondary N) is 1. The number of amides is 1. The molecule has 0 unspecified atom stereocenters. The second-order valence-electron chi connectivity index (χ2n) is 5.45. The molecule has 3 nitrogen and oxygen atoms in total. The number of hydrogen-bond acceptors (Lipinski definition) is 2. The Labute approximate surface area is 122 Å². The summed E-state index contributed by atoms with van der Waals surface area (Å²) in [6.45, 7) is 0.764. The summed E-state index contributed by atoms with van der Waals surface area (Å²) in [6, 6.07) is 7.78. The average Bonchev–Trinajstić information content (AvgIpc) is 2.86. The van der Waals surface area contributed by atoms with Crippen LogP contribution in [0.25, 0.3) is 0 Å². The van der Waals surface area contributed by atoms with Crippen LogP contribution in [0.2, 0.25) is 0 Å². The Balaban J connectivity index is 1.84. The number of hydrogen-bond donors (Lipinski definition) is 2. The van der Waals surface area contributed by atoms with Gasteiger partial charge in [0, 0.05) is 16.4 Å². The average molecular weight is 326 g/mol. The Kier molecular flexibility index (Phi) is 4.99. The van der Waals surface area contributed by atoms with E-state index in [-0.39, 0.29) is 17.9 Å². The lowest BCUT2D eigenvalue weighted by atomic mass is 9.87. The van der Waals surface area contributed by atoms with Crippen LogP contribution in [0.1, 0.15) is 31.2 Å². The van der Waals surface area contributed by atoms with E-state index in [1.54, 1.807) is 0 Å². The summed E-state index contributed by atoms with van der Waals surface area (Å²) in [5.41, 5.74) is 0.920. The van der Waals surface area contributed by atoms with Crippen LogP contribution in [0.3, 0.4) is 0 Å². The van der Waals surface area contributed by atoms with Crippen LogP contribution in [0.5, 0.6) is 0 Å². The summed E-state index contributed by atoms with van der Waals surface area (Å²) in [5.74, 6) is 0.0258. The van der Waals surface area contributed by atoms with E-state index in [9.17, 15) is 9.90 Å². The zero-order chi connectivity index (χ0) is 13.7. The van der Waals surface area contributed by atoms with Gasteiger partial charge in [-0.25, -0.2) is 0 Å². The van der Waals surface area contributed by atoms with Crippen LogP contribution in [-0.2, 0) is 11.2 Å². The van der Waals surface area contributed by atoms with Gasteiger partial charge in [0.1, 0.15) is 0 Å². The first-order valence-electron chi connectivity index (χ1n) is 6.76. The molecule has 1 saturated carbocycles. The third-order valence-electron chi connectivity index (χ3n) is 3.91. The van der Waals surface area contributed by atoms with E-state index in [1.807, 2.05) is 24.3 Å². The Bertz CT molecular complexity index is 442. The van der Waals surface area contributed by atoms with Crippen LogP contribution in [0.15, 0.2) is 28.7 Å². The second-order valence-corrected chi connectivity index (χ2v) is 6.36. The molecule has 1 amide bonds. The fourth-order valence-corrected chi connectivity index (χ4v) is 3.14. The molecule has 2 rings (SSSR count). The largest absolute Gasteiger partial charge is 0.396 e. The molecule has 0 radical (unpaired) electrons. The first-order chi connectivity index (χ1) is 9.13. The highest BCUT2D eigenvalue weighted by Gasteiger charge is 2.33. The molecule has 0 saturated heterocycles. The van der Waals surface area contributed by atoms with Gasteiger partial charge in [-0.15, -0.1) is 0 Å². The fraction of sp³-hybridized carbons (Fsp3) is 0.533. The van der Waals surface area contributed by atoms with Crippen molar-refractivity contribution in [3.63, 3.8) is 0 Å². The second kappa shape index (κ2) is 6.53. The summed E-state index contributed by atoms with van der Waals surface area (Å²) >= 11 is 3.40. The van der Waals surface area contributed by atoms with Crippen molar-refractivity contribution in [2.24, 2.45) is 5.41 Å². The highest BCUT2D eigenvalue weighted by atomic mass is 79.9. The highest BCUT2D eigenvalue weighted by Crippen LogP contribution is 2.36. The van der Waals surface area contributed by atoms with Gasteiger partial charge in [0.25, 0.3) is 0 Å². The number of aliphatic hydroxyl groups excluding tert-OH is 1. The molecule has 0 atom stereocenters. The topological polar surface area (TPSA) is 49.3 Å².